The summed E-state index contributed by atoms with van der Waals surface area (Å²) in [5, 5.41) is 0. The number of hydrogen-bond acceptors (Lipinski definition) is 2. The van der Waals surface area contributed by atoms with Crippen LogP contribution in [0, 0.1) is 0 Å². The molecule has 0 amide bonds. The van der Waals surface area contributed by atoms with Crippen molar-refractivity contribution in [2.75, 3.05) is 27.2 Å². The third-order valence-electron chi connectivity index (χ3n) is 3.03. The molecule has 0 bridgehead atoms. The first-order chi connectivity index (χ1) is 9.27. The first-order valence-electron chi connectivity index (χ1n) is 6.63. The number of ether oxygens (including phenoxy) is 1. The van der Waals surface area contributed by atoms with Gasteiger partial charge in [-0.1, -0.05) is 60.7 Å². The topological polar surface area (TPSA) is 12.5 Å². The first kappa shape index (κ1) is 17.4. The van der Waals surface area contributed by atoms with Crippen LogP contribution in [0.5, 0.6) is 0 Å². The number of likely N-dealkylation sites (N-methyl/N-ethyl adjacent to an activating group) is 1. The molecule has 102 valence electrons. The molecule has 3 heteroatoms. The van der Waals surface area contributed by atoms with Crippen LogP contribution < -0.4 is 0 Å². The standard InChI is InChI=1S/C17H21NO.Na.H/c1-18(2)13-14-19-17(15-9-5-3-6-10-15)16-11-7-4-8-12-16;;/h3-12,17H,13-14H2,1-2H3;;. The van der Waals surface area contributed by atoms with Crippen molar-refractivity contribution in [2.45, 2.75) is 6.10 Å². The molecular formula is C17H22NNaO. The second kappa shape index (κ2) is 9.32. The van der Waals surface area contributed by atoms with Crippen LogP contribution in [0.25, 0.3) is 0 Å². The van der Waals surface area contributed by atoms with Crippen molar-refractivity contribution in [3.05, 3.63) is 71.8 Å². The van der Waals surface area contributed by atoms with Gasteiger partial charge < -0.3 is 9.64 Å². The molecule has 20 heavy (non-hydrogen) atoms. The molecular weight excluding hydrogens is 257 g/mol. The molecule has 0 spiro atoms. The predicted octanol–water partition coefficient (Wildman–Crippen LogP) is 2.71. The van der Waals surface area contributed by atoms with Gasteiger partial charge in [-0.2, -0.15) is 0 Å². The van der Waals surface area contributed by atoms with Crippen molar-refractivity contribution in [3.8, 4) is 0 Å². The van der Waals surface area contributed by atoms with Crippen LogP contribution in [-0.4, -0.2) is 61.7 Å². The summed E-state index contributed by atoms with van der Waals surface area (Å²) in [6.07, 6.45) is 0.0161. The minimum atomic E-state index is 0. The van der Waals surface area contributed by atoms with E-state index in [4.69, 9.17) is 4.74 Å². The van der Waals surface area contributed by atoms with Crippen LogP contribution in [-0.2, 0) is 4.74 Å². The van der Waals surface area contributed by atoms with E-state index in [2.05, 4.69) is 67.5 Å². The molecule has 0 radical (unpaired) electrons. The van der Waals surface area contributed by atoms with Gasteiger partial charge in [-0.25, -0.2) is 0 Å². The van der Waals surface area contributed by atoms with E-state index in [1.165, 1.54) is 11.1 Å². The van der Waals surface area contributed by atoms with Crippen LogP contribution in [0.15, 0.2) is 60.7 Å². The molecule has 0 heterocycles. The molecule has 2 aromatic carbocycles. The van der Waals surface area contributed by atoms with Gasteiger partial charge in [0.25, 0.3) is 0 Å². The van der Waals surface area contributed by atoms with E-state index < -0.39 is 0 Å². The van der Waals surface area contributed by atoms with Crippen LogP contribution in [0.1, 0.15) is 17.2 Å². The van der Waals surface area contributed by atoms with Crippen molar-refractivity contribution in [3.63, 3.8) is 0 Å². The van der Waals surface area contributed by atoms with Gasteiger partial charge >= 0.3 is 29.6 Å². The van der Waals surface area contributed by atoms with Crippen molar-refractivity contribution >= 4 is 29.6 Å². The van der Waals surface area contributed by atoms with Gasteiger partial charge in [-0.05, 0) is 25.2 Å². The Balaban J connectivity index is 0.00000200. The number of benzene rings is 2. The van der Waals surface area contributed by atoms with E-state index in [0.29, 0.717) is 0 Å². The fourth-order valence-corrected chi connectivity index (χ4v) is 1.99. The van der Waals surface area contributed by atoms with Gasteiger partial charge in [0, 0.05) is 6.54 Å². The molecule has 0 aliphatic heterocycles. The summed E-state index contributed by atoms with van der Waals surface area (Å²) in [6, 6.07) is 20.8. The van der Waals surface area contributed by atoms with Gasteiger partial charge in [0.05, 0.1) is 6.61 Å². The van der Waals surface area contributed by atoms with E-state index in [9.17, 15) is 0 Å². The molecule has 0 fully saturated rings. The van der Waals surface area contributed by atoms with Crippen molar-refractivity contribution in [1.29, 1.82) is 0 Å². The molecule has 0 N–H and O–H groups in total. The quantitative estimate of drug-likeness (QED) is 0.754. The summed E-state index contributed by atoms with van der Waals surface area (Å²) in [5.41, 5.74) is 2.40. The average molecular weight is 279 g/mol. The molecule has 0 aliphatic rings. The monoisotopic (exact) mass is 279 g/mol. The number of nitrogens with zero attached hydrogens (tertiary/aromatic N) is 1. The maximum atomic E-state index is 6.08. The zero-order valence-corrected chi connectivity index (χ0v) is 11.6. The summed E-state index contributed by atoms with van der Waals surface area (Å²) >= 11 is 0. The van der Waals surface area contributed by atoms with E-state index in [1.54, 1.807) is 0 Å². The SMILES string of the molecule is CN(C)CCOC(c1ccccc1)c1ccccc1.[NaH]. The molecule has 2 nitrogen and oxygen atoms in total. The second-order valence-corrected chi connectivity index (χ2v) is 4.88. The predicted molar refractivity (Wildman–Crippen MR) is 86.4 cm³/mol. The Kier molecular flexibility index (Phi) is 8.12. The molecule has 2 aromatic rings. The molecule has 0 unspecified atom stereocenters. The molecule has 0 atom stereocenters. The van der Waals surface area contributed by atoms with Gasteiger partial charge in [0.15, 0.2) is 0 Å². The Hall–Kier alpha value is -0.640. The Morgan fingerprint density at radius 2 is 1.30 bits per heavy atom. The number of hydrogen-bond donors (Lipinski definition) is 0. The van der Waals surface area contributed by atoms with Crippen LogP contribution in [0.3, 0.4) is 0 Å². The van der Waals surface area contributed by atoms with Crippen LogP contribution in [0.4, 0.5) is 0 Å². The molecule has 0 saturated heterocycles. The number of rotatable bonds is 6. The third kappa shape index (κ3) is 5.39. The summed E-state index contributed by atoms with van der Waals surface area (Å²) < 4.78 is 6.08. The zero-order valence-electron chi connectivity index (χ0n) is 11.6. The minimum absolute atomic E-state index is 0. The van der Waals surface area contributed by atoms with Gasteiger partial charge in [-0.3, -0.25) is 0 Å². The van der Waals surface area contributed by atoms with Crippen LogP contribution >= 0.6 is 0 Å². The van der Waals surface area contributed by atoms with E-state index >= 15 is 0 Å². The summed E-state index contributed by atoms with van der Waals surface area (Å²) in [4.78, 5) is 2.13. The average Bonchev–Trinajstić information content (AvgIpc) is 2.45. The Labute approximate surface area is 144 Å². The van der Waals surface area contributed by atoms with Gasteiger partial charge in [0.1, 0.15) is 6.10 Å². The molecule has 0 aromatic heterocycles. The maximum absolute atomic E-state index is 6.08. The summed E-state index contributed by atoms with van der Waals surface area (Å²) in [5.74, 6) is 0. The van der Waals surface area contributed by atoms with Crippen LogP contribution in [0.2, 0.25) is 0 Å². The first-order valence-corrected chi connectivity index (χ1v) is 6.63. The fraction of sp³-hybridized carbons (Fsp3) is 0.294. The van der Waals surface area contributed by atoms with Gasteiger partial charge in [0.2, 0.25) is 0 Å². The van der Waals surface area contributed by atoms with E-state index in [-0.39, 0.29) is 35.7 Å². The van der Waals surface area contributed by atoms with Crippen molar-refractivity contribution in [1.82, 2.24) is 4.90 Å². The fourth-order valence-electron chi connectivity index (χ4n) is 1.99. The Morgan fingerprint density at radius 1 is 0.850 bits per heavy atom. The molecule has 0 aliphatic carbocycles. The summed E-state index contributed by atoms with van der Waals surface area (Å²) in [7, 11) is 4.12. The van der Waals surface area contributed by atoms with E-state index in [1.807, 2.05) is 12.1 Å². The molecule has 0 saturated carbocycles. The Bertz CT molecular complexity index is 433. The van der Waals surface area contributed by atoms with Crippen molar-refractivity contribution in [2.24, 2.45) is 0 Å². The summed E-state index contributed by atoms with van der Waals surface area (Å²) in [6.45, 7) is 1.65. The van der Waals surface area contributed by atoms with Crippen molar-refractivity contribution < 1.29 is 4.74 Å². The normalized spacial score (nSPS) is 10.6. The Morgan fingerprint density at radius 3 is 1.70 bits per heavy atom. The second-order valence-electron chi connectivity index (χ2n) is 4.88. The van der Waals surface area contributed by atoms with Gasteiger partial charge in [-0.15, -0.1) is 0 Å². The third-order valence-corrected chi connectivity index (χ3v) is 3.03. The zero-order chi connectivity index (χ0) is 13.5. The van der Waals surface area contributed by atoms with E-state index in [0.717, 1.165) is 13.2 Å². The molecule has 2 rings (SSSR count).